The molecule has 2 aromatic carbocycles. The van der Waals surface area contributed by atoms with Crippen LogP contribution in [-0.2, 0) is 11.2 Å². The largest absolute Gasteiger partial charge is 0.465 e. The summed E-state index contributed by atoms with van der Waals surface area (Å²) in [6, 6.07) is 11.1. The molecule has 0 aliphatic carbocycles. The third-order valence-corrected chi connectivity index (χ3v) is 4.98. The van der Waals surface area contributed by atoms with Crippen molar-refractivity contribution in [2.45, 2.75) is 13.3 Å². The monoisotopic (exact) mass is 466 g/mol. The van der Waals surface area contributed by atoms with E-state index >= 15 is 0 Å². The Balaban J connectivity index is 2.07. The van der Waals surface area contributed by atoms with Crippen molar-refractivity contribution < 1.29 is 18.7 Å². The van der Waals surface area contributed by atoms with E-state index in [4.69, 9.17) is 13.9 Å². The minimum absolute atomic E-state index is 0.0820. The highest BCUT2D eigenvalue weighted by molar-refractivity contribution is 9.11. The van der Waals surface area contributed by atoms with Crippen molar-refractivity contribution in [1.29, 1.82) is 0 Å². The van der Waals surface area contributed by atoms with Gasteiger partial charge in [0.15, 0.2) is 18.3 Å². The maximum absolute atomic E-state index is 13.2. The van der Waals surface area contributed by atoms with E-state index in [-0.39, 0.29) is 12.6 Å². The van der Waals surface area contributed by atoms with Gasteiger partial charge < -0.3 is 13.9 Å². The number of benzene rings is 2. The molecule has 25 heavy (non-hydrogen) atoms. The second kappa shape index (κ2) is 7.72. The highest BCUT2D eigenvalue weighted by atomic mass is 79.9. The molecule has 0 radical (unpaired) electrons. The molecule has 0 N–H and O–H groups in total. The Bertz CT molecular complexity index is 907. The Labute approximate surface area is 162 Å². The van der Waals surface area contributed by atoms with Crippen molar-refractivity contribution >= 4 is 48.6 Å². The maximum atomic E-state index is 13.2. The van der Waals surface area contributed by atoms with Gasteiger partial charge in [-0.2, -0.15) is 0 Å². The molecule has 0 spiro atoms. The lowest BCUT2D eigenvalue weighted by Gasteiger charge is -2.11. The Morgan fingerprint density at radius 1 is 1.16 bits per heavy atom. The molecule has 4 nitrogen and oxygen atoms in total. The van der Waals surface area contributed by atoms with Gasteiger partial charge in [0.2, 0.25) is 0 Å². The van der Waals surface area contributed by atoms with E-state index in [1.807, 2.05) is 31.2 Å². The fraction of sp³-hybridized carbons (Fsp3) is 0.211. The molecule has 0 bridgehead atoms. The van der Waals surface area contributed by atoms with Crippen LogP contribution >= 0.6 is 31.9 Å². The number of fused-ring (bicyclic) bond motifs is 1. The number of hydrogen-bond donors (Lipinski definition) is 0. The number of carbonyl (C=O) groups is 1. The molecule has 3 rings (SSSR count). The molecule has 0 unspecified atom stereocenters. The topological polar surface area (TPSA) is 48.7 Å². The van der Waals surface area contributed by atoms with Gasteiger partial charge in [-0.25, -0.2) is 0 Å². The number of hydrogen-bond acceptors (Lipinski definition) is 4. The summed E-state index contributed by atoms with van der Waals surface area (Å²) in [5.41, 5.74) is 1.88. The molecule has 0 aliphatic rings. The first-order valence-electron chi connectivity index (χ1n) is 7.72. The van der Waals surface area contributed by atoms with Gasteiger partial charge in [0, 0.05) is 24.5 Å². The van der Waals surface area contributed by atoms with Crippen LogP contribution in [-0.4, -0.2) is 19.7 Å². The van der Waals surface area contributed by atoms with Gasteiger partial charge in [-0.3, -0.25) is 4.79 Å². The van der Waals surface area contributed by atoms with E-state index in [1.165, 1.54) is 0 Å². The van der Waals surface area contributed by atoms with Crippen LogP contribution in [0.2, 0.25) is 0 Å². The summed E-state index contributed by atoms with van der Waals surface area (Å²) in [7, 11) is 1.55. The number of furan rings is 1. The summed E-state index contributed by atoms with van der Waals surface area (Å²) < 4.78 is 17.6. The SMILES string of the molecule is CCc1oc2ccccc2c1C(=O)c1cc(Br)c(OCOC)c(Br)c1. The lowest BCUT2D eigenvalue weighted by molar-refractivity contribution is 0.0500. The second-order valence-corrected chi connectivity index (χ2v) is 7.11. The Kier molecular flexibility index (Phi) is 5.61. The average Bonchev–Trinajstić information content (AvgIpc) is 2.98. The normalized spacial score (nSPS) is 11.0. The number of para-hydroxylation sites is 1. The van der Waals surface area contributed by atoms with Gasteiger partial charge in [-0.1, -0.05) is 25.1 Å². The third kappa shape index (κ3) is 3.52. The van der Waals surface area contributed by atoms with Gasteiger partial charge in [0.25, 0.3) is 0 Å². The standard InChI is InChI=1S/C19H16Br2O4/c1-3-15-17(12-6-4-5-7-16(12)25-15)18(22)11-8-13(20)19(14(21)9-11)24-10-23-2/h4-9H,3,10H2,1-2H3. The molecule has 1 aromatic heterocycles. The van der Waals surface area contributed by atoms with Crippen molar-refractivity contribution in [2.24, 2.45) is 0 Å². The van der Waals surface area contributed by atoms with Crippen LogP contribution in [0.15, 0.2) is 49.8 Å². The molecule has 0 aliphatic heterocycles. The zero-order valence-corrected chi connectivity index (χ0v) is 16.9. The van der Waals surface area contributed by atoms with E-state index in [0.717, 1.165) is 11.0 Å². The predicted octanol–water partition coefficient (Wildman–Crippen LogP) is 5.73. The first kappa shape index (κ1) is 18.2. The fourth-order valence-electron chi connectivity index (χ4n) is 2.69. The lowest BCUT2D eigenvalue weighted by Crippen LogP contribution is -2.05. The molecule has 3 aromatic rings. The van der Waals surface area contributed by atoms with Gasteiger partial charge >= 0.3 is 0 Å². The molecule has 0 fully saturated rings. The summed E-state index contributed by atoms with van der Waals surface area (Å²) >= 11 is 6.92. The van der Waals surface area contributed by atoms with Gasteiger partial charge in [0.1, 0.15) is 11.3 Å². The van der Waals surface area contributed by atoms with Crippen LogP contribution in [0.3, 0.4) is 0 Å². The first-order chi connectivity index (χ1) is 12.1. The molecule has 0 amide bonds. The zero-order chi connectivity index (χ0) is 18.0. The van der Waals surface area contributed by atoms with Gasteiger partial charge in [0.05, 0.1) is 14.5 Å². The smallest absolute Gasteiger partial charge is 0.197 e. The zero-order valence-electron chi connectivity index (χ0n) is 13.8. The average molecular weight is 468 g/mol. The summed E-state index contributed by atoms with van der Waals surface area (Å²) in [6.07, 6.45) is 0.646. The van der Waals surface area contributed by atoms with Crippen LogP contribution < -0.4 is 4.74 Å². The van der Waals surface area contributed by atoms with E-state index in [9.17, 15) is 4.79 Å². The number of ketones is 1. The molecule has 130 valence electrons. The van der Waals surface area contributed by atoms with E-state index < -0.39 is 0 Å². The number of methoxy groups -OCH3 is 1. The molecular weight excluding hydrogens is 452 g/mol. The van der Waals surface area contributed by atoms with Gasteiger partial charge in [-0.15, -0.1) is 0 Å². The van der Waals surface area contributed by atoms with Crippen LogP contribution in [0.4, 0.5) is 0 Å². The Morgan fingerprint density at radius 3 is 2.48 bits per heavy atom. The molecular formula is C19H16Br2O4. The fourth-order valence-corrected chi connectivity index (χ4v) is 4.10. The quantitative estimate of drug-likeness (QED) is 0.343. The van der Waals surface area contributed by atoms with Crippen LogP contribution in [0, 0.1) is 0 Å². The van der Waals surface area contributed by atoms with Gasteiger partial charge in [-0.05, 0) is 50.1 Å². The Hall–Kier alpha value is -1.63. The molecule has 0 atom stereocenters. The summed E-state index contributed by atoms with van der Waals surface area (Å²) in [4.78, 5) is 13.2. The number of aryl methyl sites for hydroxylation is 1. The Morgan fingerprint density at radius 2 is 1.84 bits per heavy atom. The van der Waals surface area contributed by atoms with Crippen molar-refractivity contribution in [3.05, 3.63) is 62.2 Å². The summed E-state index contributed by atoms with van der Waals surface area (Å²) in [6.45, 7) is 2.10. The number of ether oxygens (including phenoxy) is 2. The maximum Gasteiger partial charge on any atom is 0.197 e. The minimum Gasteiger partial charge on any atom is -0.465 e. The summed E-state index contributed by atoms with van der Waals surface area (Å²) in [5.74, 6) is 1.20. The van der Waals surface area contributed by atoms with E-state index in [1.54, 1.807) is 19.2 Å². The first-order valence-corrected chi connectivity index (χ1v) is 9.31. The molecule has 1 heterocycles. The number of rotatable bonds is 6. The minimum atomic E-state index is -0.0820. The van der Waals surface area contributed by atoms with Crippen LogP contribution in [0.25, 0.3) is 11.0 Å². The van der Waals surface area contributed by atoms with Crippen LogP contribution in [0.5, 0.6) is 5.75 Å². The molecule has 0 saturated heterocycles. The van der Waals surface area contributed by atoms with E-state index in [2.05, 4.69) is 31.9 Å². The highest BCUT2D eigenvalue weighted by Crippen LogP contribution is 2.36. The van der Waals surface area contributed by atoms with Crippen molar-refractivity contribution in [1.82, 2.24) is 0 Å². The number of halogens is 2. The molecule has 6 heteroatoms. The number of carbonyl (C=O) groups excluding carboxylic acids is 1. The lowest BCUT2D eigenvalue weighted by atomic mass is 9.99. The van der Waals surface area contributed by atoms with Crippen molar-refractivity contribution in [2.75, 3.05) is 13.9 Å². The second-order valence-electron chi connectivity index (χ2n) is 5.40. The highest BCUT2D eigenvalue weighted by Gasteiger charge is 2.22. The van der Waals surface area contributed by atoms with Crippen molar-refractivity contribution in [3.63, 3.8) is 0 Å². The predicted molar refractivity (Wildman–Crippen MR) is 103 cm³/mol. The summed E-state index contributed by atoms with van der Waals surface area (Å²) in [5, 5.41) is 0.830. The third-order valence-electron chi connectivity index (χ3n) is 3.80. The van der Waals surface area contributed by atoms with Crippen molar-refractivity contribution in [3.8, 4) is 5.75 Å². The molecule has 0 saturated carbocycles. The van der Waals surface area contributed by atoms with E-state index in [0.29, 0.717) is 38.0 Å². The van der Waals surface area contributed by atoms with Crippen LogP contribution in [0.1, 0.15) is 28.6 Å².